The average Bonchev–Trinajstić information content (AvgIpc) is 2.81. The third kappa shape index (κ3) is 8.18. The van der Waals surface area contributed by atoms with Crippen LogP contribution in [0.4, 0.5) is 5.69 Å². The number of hydrogen-bond acceptors (Lipinski definition) is 6. The van der Waals surface area contributed by atoms with E-state index in [4.69, 9.17) is 21.7 Å². The van der Waals surface area contributed by atoms with Gasteiger partial charge in [-0.05, 0) is 55.0 Å². The maximum absolute atomic E-state index is 12.5. The van der Waals surface area contributed by atoms with Gasteiger partial charge in [-0.2, -0.15) is 0 Å². The minimum absolute atomic E-state index is 0.237. The number of nitrogens with zero attached hydrogens (tertiary/aromatic N) is 2. The SMILES string of the molecule is CCCCCCOc1ccc(NC(=S)NC(=O)c2ccc(CN3CCOCC3)nc2)cc1. The molecule has 0 bridgehead atoms. The Labute approximate surface area is 195 Å². The second kappa shape index (κ2) is 13.1. The van der Waals surface area contributed by atoms with Gasteiger partial charge in [0, 0.05) is 31.5 Å². The smallest absolute Gasteiger partial charge is 0.258 e. The molecule has 0 atom stereocenters. The van der Waals surface area contributed by atoms with Crippen molar-refractivity contribution >= 4 is 28.9 Å². The number of rotatable bonds is 10. The van der Waals surface area contributed by atoms with Crippen molar-refractivity contribution in [3.63, 3.8) is 0 Å². The number of pyridine rings is 1. The molecule has 2 heterocycles. The summed E-state index contributed by atoms with van der Waals surface area (Å²) in [5, 5.41) is 5.96. The third-order valence-corrected chi connectivity index (χ3v) is 5.39. The summed E-state index contributed by atoms with van der Waals surface area (Å²) in [4.78, 5) is 19.2. The number of nitrogens with one attached hydrogen (secondary N) is 2. The topological polar surface area (TPSA) is 75.7 Å². The van der Waals surface area contributed by atoms with Crippen molar-refractivity contribution in [2.24, 2.45) is 0 Å². The van der Waals surface area contributed by atoms with E-state index in [0.717, 1.165) is 63.0 Å². The first-order chi connectivity index (χ1) is 15.6. The van der Waals surface area contributed by atoms with Crippen molar-refractivity contribution in [2.75, 3.05) is 38.2 Å². The molecule has 3 rings (SSSR count). The maximum atomic E-state index is 12.5. The van der Waals surface area contributed by atoms with Gasteiger partial charge < -0.3 is 14.8 Å². The molecular weight excluding hydrogens is 424 g/mol. The number of benzene rings is 1. The van der Waals surface area contributed by atoms with E-state index < -0.39 is 0 Å². The van der Waals surface area contributed by atoms with Crippen LogP contribution < -0.4 is 15.4 Å². The lowest BCUT2D eigenvalue weighted by atomic mass is 10.2. The number of anilines is 1. The molecule has 0 unspecified atom stereocenters. The molecule has 0 radical (unpaired) electrons. The highest BCUT2D eigenvalue weighted by molar-refractivity contribution is 7.80. The Bertz CT molecular complexity index is 853. The van der Waals surface area contributed by atoms with Crippen molar-refractivity contribution in [3.8, 4) is 5.75 Å². The van der Waals surface area contributed by atoms with Crippen LogP contribution in [0.2, 0.25) is 0 Å². The van der Waals surface area contributed by atoms with Crippen molar-refractivity contribution in [1.29, 1.82) is 0 Å². The van der Waals surface area contributed by atoms with Crippen molar-refractivity contribution in [1.82, 2.24) is 15.2 Å². The number of morpholine rings is 1. The Hall–Kier alpha value is -2.55. The van der Waals surface area contributed by atoms with Crippen LogP contribution in [0.25, 0.3) is 0 Å². The van der Waals surface area contributed by atoms with E-state index in [1.54, 1.807) is 12.3 Å². The van der Waals surface area contributed by atoms with Gasteiger partial charge >= 0.3 is 0 Å². The van der Waals surface area contributed by atoms with Crippen LogP contribution in [0.5, 0.6) is 5.75 Å². The van der Waals surface area contributed by atoms with Gasteiger partial charge in [-0.1, -0.05) is 26.2 Å². The standard InChI is InChI=1S/C24H32N4O3S/c1-2-3-4-5-14-31-22-10-8-20(9-11-22)26-24(32)27-23(29)19-6-7-21(25-17-19)18-28-12-15-30-16-13-28/h6-11,17H,2-5,12-16,18H2,1H3,(H2,26,27,29,32). The van der Waals surface area contributed by atoms with Crippen molar-refractivity contribution in [2.45, 2.75) is 39.2 Å². The molecule has 32 heavy (non-hydrogen) atoms. The van der Waals surface area contributed by atoms with Gasteiger partial charge in [0.1, 0.15) is 5.75 Å². The van der Waals surface area contributed by atoms with Crippen molar-refractivity contribution in [3.05, 3.63) is 53.9 Å². The summed E-state index contributed by atoms with van der Waals surface area (Å²) in [5.41, 5.74) is 2.18. The first kappa shape index (κ1) is 24.1. The zero-order valence-corrected chi connectivity index (χ0v) is 19.5. The molecule has 7 nitrogen and oxygen atoms in total. The summed E-state index contributed by atoms with van der Waals surface area (Å²) < 4.78 is 11.1. The molecule has 1 aliphatic heterocycles. The lowest BCUT2D eigenvalue weighted by Crippen LogP contribution is -2.36. The molecule has 1 aromatic heterocycles. The van der Waals surface area contributed by atoms with Crippen LogP contribution >= 0.6 is 12.2 Å². The van der Waals surface area contributed by atoms with Gasteiger partial charge in [-0.15, -0.1) is 0 Å². The zero-order chi connectivity index (χ0) is 22.6. The number of carbonyl (C=O) groups is 1. The lowest BCUT2D eigenvalue weighted by molar-refractivity contribution is 0.0336. The zero-order valence-electron chi connectivity index (χ0n) is 18.6. The quantitative estimate of drug-likeness (QED) is 0.413. The minimum atomic E-state index is -0.292. The molecule has 1 aromatic carbocycles. The maximum Gasteiger partial charge on any atom is 0.258 e. The Morgan fingerprint density at radius 3 is 2.59 bits per heavy atom. The van der Waals surface area contributed by atoms with Crippen molar-refractivity contribution < 1.29 is 14.3 Å². The van der Waals surface area contributed by atoms with Crippen LogP contribution in [0.3, 0.4) is 0 Å². The highest BCUT2D eigenvalue weighted by Crippen LogP contribution is 2.16. The van der Waals surface area contributed by atoms with Gasteiger partial charge in [0.15, 0.2) is 5.11 Å². The predicted octanol–water partition coefficient (Wildman–Crippen LogP) is 4.00. The summed E-state index contributed by atoms with van der Waals surface area (Å²) in [6.45, 7) is 6.97. The number of thiocarbonyl (C=S) groups is 1. The second-order valence-electron chi connectivity index (χ2n) is 7.77. The summed E-state index contributed by atoms with van der Waals surface area (Å²) in [6, 6.07) is 11.2. The fourth-order valence-corrected chi connectivity index (χ4v) is 3.54. The van der Waals surface area contributed by atoms with Crippen LogP contribution in [0.15, 0.2) is 42.6 Å². The number of hydrogen-bond donors (Lipinski definition) is 2. The number of carbonyl (C=O) groups excluding carboxylic acids is 1. The van der Waals surface area contributed by atoms with E-state index in [0.29, 0.717) is 5.56 Å². The lowest BCUT2D eigenvalue weighted by Gasteiger charge is -2.26. The highest BCUT2D eigenvalue weighted by Gasteiger charge is 2.13. The van der Waals surface area contributed by atoms with E-state index in [1.165, 1.54) is 19.3 Å². The van der Waals surface area contributed by atoms with Crippen LogP contribution in [0, 0.1) is 0 Å². The molecule has 1 saturated heterocycles. The fraction of sp³-hybridized carbons (Fsp3) is 0.458. The van der Waals surface area contributed by atoms with Crippen LogP contribution in [0.1, 0.15) is 48.7 Å². The highest BCUT2D eigenvalue weighted by atomic mass is 32.1. The first-order valence-electron chi connectivity index (χ1n) is 11.2. The van der Waals surface area contributed by atoms with E-state index >= 15 is 0 Å². The monoisotopic (exact) mass is 456 g/mol. The first-order valence-corrected chi connectivity index (χ1v) is 11.6. The third-order valence-electron chi connectivity index (χ3n) is 5.18. The molecular formula is C24H32N4O3S. The molecule has 1 amide bonds. The number of unbranched alkanes of at least 4 members (excludes halogenated alkanes) is 3. The van der Waals surface area contributed by atoms with Gasteiger partial charge in [0.05, 0.1) is 31.1 Å². The van der Waals surface area contributed by atoms with Crippen LogP contribution in [-0.4, -0.2) is 53.8 Å². The summed E-state index contributed by atoms with van der Waals surface area (Å²) in [7, 11) is 0. The Morgan fingerprint density at radius 1 is 1.12 bits per heavy atom. The number of aromatic nitrogens is 1. The number of ether oxygens (including phenoxy) is 2. The average molecular weight is 457 g/mol. The molecule has 0 saturated carbocycles. The second-order valence-corrected chi connectivity index (χ2v) is 8.18. The molecule has 172 valence electrons. The van der Waals surface area contributed by atoms with Gasteiger partial charge in [0.25, 0.3) is 5.91 Å². The summed E-state index contributed by atoms with van der Waals surface area (Å²) >= 11 is 5.28. The number of amides is 1. The molecule has 8 heteroatoms. The Kier molecular flexibility index (Phi) is 9.87. The molecule has 2 aromatic rings. The van der Waals surface area contributed by atoms with E-state index in [2.05, 4.69) is 27.4 Å². The molecule has 2 N–H and O–H groups in total. The van der Waals surface area contributed by atoms with Crippen LogP contribution in [-0.2, 0) is 11.3 Å². The minimum Gasteiger partial charge on any atom is -0.494 e. The fourth-order valence-electron chi connectivity index (χ4n) is 3.33. The van der Waals surface area contributed by atoms with E-state index in [1.807, 2.05) is 30.3 Å². The van der Waals surface area contributed by atoms with Gasteiger partial charge in [-0.25, -0.2) is 0 Å². The molecule has 1 aliphatic rings. The largest absolute Gasteiger partial charge is 0.494 e. The van der Waals surface area contributed by atoms with E-state index in [9.17, 15) is 4.79 Å². The van der Waals surface area contributed by atoms with E-state index in [-0.39, 0.29) is 11.0 Å². The Balaban J connectivity index is 1.41. The van der Waals surface area contributed by atoms with Gasteiger partial charge in [-0.3, -0.25) is 20.0 Å². The molecule has 1 fully saturated rings. The Morgan fingerprint density at radius 2 is 1.91 bits per heavy atom. The van der Waals surface area contributed by atoms with Gasteiger partial charge in [0.2, 0.25) is 0 Å². The summed E-state index contributed by atoms with van der Waals surface area (Å²) in [6.07, 6.45) is 6.29. The predicted molar refractivity (Wildman–Crippen MR) is 130 cm³/mol. The normalized spacial score (nSPS) is 14.0. The molecule has 0 spiro atoms. The summed E-state index contributed by atoms with van der Waals surface area (Å²) in [5.74, 6) is 0.533. The molecule has 0 aliphatic carbocycles.